The number of rotatable bonds is 8. The Labute approximate surface area is 268 Å². The van der Waals surface area contributed by atoms with Crippen LogP contribution in [-0.2, 0) is 6.18 Å². The lowest BCUT2D eigenvalue weighted by Gasteiger charge is -2.28. The molecule has 0 unspecified atom stereocenters. The van der Waals surface area contributed by atoms with E-state index in [1.165, 1.54) is 17.0 Å². The zero-order valence-corrected chi connectivity index (χ0v) is 25.6. The van der Waals surface area contributed by atoms with Crippen molar-refractivity contribution < 1.29 is 18.0 Å². The average Bonchev–Trinajstić information content (AvgIpc) is 3.50. The van der Waals surface area contributed by atoms with E-state index in [9.17, 15) is 18.0 Å². The summed E-state index contributed by atoms with van der Waals surface area (Å²) in [5, 5.41) is 9.12. The van der Waals surface area contributed by atoms with E-state index < -0.39 is 17.6 Å². The first kappa shape index (κ1) is 31.4. The molecule has 4 heterocycles. The number of imidazole rings is 1. The van der Waals surface area contributed by atoms with Crippen LogP contribution in [0.15, 0.2) is 73.4 Å². The van der Waals surface area contributed by atoms with E-state index in [0.717, 1.165) is 44.1 Å². The van der Waals surface area contributed by atoms with Gasteiger partial charge in [-0.3, -0.25) is 9.78 Å². The van der Waals surface area contributed by atoms with Crippen molar-refractivity contribution in [1.82, 2.24) is 34.8 Å². The van der Waals surface area contributed by atoms with Crippen molar-refractivity contribution in [2.45, 2.75) is 20.0 Å². The maximum absolute atomic E-state index is 13.7. The quantitative estimate of drug-likeness (QED) is 0.197. The molecule has 14 heteroatoms. The molecule has 2 aromatic carbocycles. The maximum atomic E-state index is 13.7. The van der Waals surface area contributed by atoms with Gasteiger partial charge in [0.25, 0.3) is 5.91 Å². The Kier molecular flexibility index (Phi) is 8.93. The number of hydrogen-bond acceptors (Lipinski definition) is 9. The molecule has 6 rings (SSSR count). The smallest absolute Gasteiger partial charge is 0.354 e. The second kappa shape index (κ2) is 13.4. The molecular weight excluding hydrogens is 609 g/mol. The number of halogens is 3. The molecule has 1 saturated heterocycles. The van der Waals surface area contributed by atoms with Crippen LogP contribution in [0.4, 0.5) is 36.3 Å². The summed E-state index contributed by atoms with van der Waals surface area (Å²) >= 11 is 0. The number of piperazine rings is 1. The van der Waals surface area contributed by atoms with Gasteiger partial charge in [-0.2, -0.15) is 13.2 Å². The van der Waals surface area contributed by atoms with Crippen LogP contribution in [0.5, 0.6) is 0 Å². The Morgan fingerprint density at radius 2 is 1.77 bits per heavy atom. The largest absolute Gasteiger partial charge is 0.416 e. The minimum Gasteiger partial charge on any atom is -0.354 e. The number of anilines is 4. The van der Waals surface area contributed by atoms with Crippen LogP contribution in [0.1, 0.15) is 38.7 Å². The molecule has 11 nitrogen and oxygen atoms in total. The van der Waals surface area contributed by atoms with Crippen molar-refractivity contribution in [2.75, 3.05) is 41.7 Å². The molecule has 0 saturated carbocycles. The highest BCUT2D eigenvalue weighted by Gasteiger charge is 2.31. The van der Waals surface area contributed by atoms with Crippen molar-refractivity contribution in [2.24, 2.45) is 0 Å². The Morgan fingerprint density at radius 3 is 2.49 bits per heavy atom. The molecule has 5 aromatic rings. The van der Waals surface area contributed by atoms with Crippen LogP contribution in [-0.4, -0.2) is 61.6 Å². The van der Waals surface area contributed by atoms with E-state index in [4.69, 9.17) is 0 Å². The van der Waals surface area contributed by atoms with Crippen LogP contribution in [0.25, 0.3) is 17.8 Å². The molecule has 47 heavy (non-hydrogen) atoms. The number of nitrogens with zero attached hydrogens (tertiary/aromatic N) is 7. The van der Waals surface area contributed by atoms with E-state index in [0.29, 0.717) is 34.4 Å². The Morgan fingerprint density at radius 1 is 0.936 bits per heavy atom. The third kappa shape index (κ3) is 7.97. The van der Waals surface area contributed by atoms with E-state index in [2.05, 4.69) is 45.8 Å². The lowest BCUT2D eigenvalue weighted by Crippen LogP contribution is -2.44. The minimum atomic E-state index is -4.60. The number of hydrogen-bond donors (Lipinski definition) is 3. The first-order valence-corrected chi connectivity index (χ1v) is 14.8. The molecule has 240 valence electrons. The zero-order chi connectivity index (χ0) is 33.0. The van der Waals surface area contributed by atoms with Crippen molar-refractivity contribution >= 4 is 41.2 Å². The molecule has 3 N–H and O–H groups in total. The van der Waals surface area contributed by atoms with Gasteiger partial charge in [0.2, 0.25) is 0 Å². The van der Waals surface area contributed by atoms with E-state index in [1.807, 2.05) is 13.0 Å². The van der Waals surface area contributed by atoms with Crippen LogP contribution >= 0.6 is 0 Å². The van der Waals surface area contributed by atoms with Gasteiger partial charge in [0.05, 0.1) is 35.7 Å². The summed E-state index contributed by atoms with van der Waals surface area (Å²) in [6.07, 6.45) is 5.14. The third-order valence-electron chi connectivity index (χ3n) is 7.30. The second-order valence-electron chi connectivity index (χ2n) is 10.9. The van der Waals surface area contributed by atoms with Gasteiger partial charge in [-0.1, -0.05) is 18.2 Å². The predicted octanol–water partition coefficient (Wildman–Crippen LogP) is 5.66. The number of aryl methyl sites for hydroxylation is 2. The summed E-state index contributed by atoms with van der Waals surface area (Å²) in [6, 6.07) is 12.0. The molecule has 1 fully saturated rings. The third-order valence-corrected chi connectivity index (χ3v) is 7.30. The molecule has 1 aliphatic heterocycles. The SMILES string of the molecule is Cc1cn(-c2cc(NC(=O)c3cccc(/C=C/c4cnc(Nc5cc(N6CCNCC6)nc(C)n5)cn4)c3)cc(C(F)(F)F)c2)cn1. The number of alkyl halides is 3. The molecule has 0 aliphatic carbocycles. The van der Waals surface area contributed by atoms with Crippen molar-refractivity contribution in [1.29, 1.82) is 0 Å². The van der Waals surface area contributed by atoms with Crippen LogP contribution < -0.4 is 20.9 Å². The Bertz CT molecular complexity index is 1920. The summed E-state index contributed by atoms with van der Waals surface area (Å²) in [5.41, 5.74) is 1.54. The van der Waals surface area contributed by atoms with E-state index >= 15 is 0 Å². The standard InChI is InChI=1S/C33H31F3N10O/c1-21-19-46(20-40-21)28-14-25(33(34,35)36)13-27(15-28)43-32(47)24-5-3-4-23(12-24)6-7-26-17-39-30(18-38-26)44-29-16-31(42-22(2)41-29)45-10-8-37-9-11-45/h3-7,12-20,37H,8-11H2,1-2H3,(H,43,47)(H,39,41,42,44)/b7-6+. The molecule has 0 bridgehead atoms. The number of carbonyl (C=O) groups excluding carboxylic acids is 1. The van der Waals surface area contributed by atoms with Crippen molar-refractivity contribution in [3.63, 3.8) is 0 Å². The fourth-order valence-electron chi connectivity index (χ4n) is 5.02. The van der Waals surface area contributed by atoms with Crippen molar-refractivity contribution in [3.8, 4) is 5.69 Å². The number of carbonyl (C=O) groups is 1. The van der Waals surface area contributed by atoms with Gasteiger partial charge in [0, 0.05) is 55.4 Å². The fourth-order valence-corrected chi connectivity index (χ4v) is 5.02. The van der Waals surface area contributed by atoms with E-state index in [-0.39, 0.29) is 16.9 Å². The molecular formula is C33H31F3N10O. The molecule has 1 aliphatic rings. The van der Waals surface area contributed by atoms with Gasteiger partial charge in [-0.25, -0.2) is 19.9 Å². The molecule has 1 amide bonds. The van der Waals surface area contributed by atoms with Gasteiger partial charge < -0.3 is 25.4 Å². The molecule has 0 radical (unpaired) electrons. The number of aromatic nitrogens is 6. The van der Waals surface area contributed by atoms with Crippen LogP contribution in [0, 0.1) is 13.8 Å². The molecule has 0 atom stereocenters. The lowest BCUT2D eigenvalue weighted by atomic mass is 10.1. The zero-order valence-electron chi connectivity index (χ0n) is 25.6. The fraction of sp³-hybridized carbons (Fsp3) is 0.212. The topological polar surface area (TPSA) is 126 Å². The normalized spacial score (nSPS) is 13.6. The van der Waals surface area contributed by atoms with Crippen molar-refractivity contribution in [3.05, 3.63) is 107 Å². The molecule has 0 spiro atoms. The number of nitrogens with one attached hydrogen (secondary N) is 3. The van der Waals surface area contributed by atoms with E-state index in [1.54, 1.807) is 61.9 Å². The van der Waals surface area contributed by atoms with Crippen LogP contribution in [0.2, 0.25) is 0 Å². The Hall–Kier alpha value is -5.63. The Balaban J connectivity index is 1.13. The van der Waals surface area contributed by atoms with Gasteiger partial charge in [-0.15, -0.1) is 0 Å². The number of amides is 1. The first-order chi connectivity index (χ1) is 22.6. The first-order valence-electron chi connectivity index (χ1n) is 14.8. The second-order valence-corrected chi connectivity index (χ2v) is 10.9. The highest BCUT2D eigenvalue weighted by Crippen LogP contribution is 2.33. The molecule has 3 aromatic heterocycles. The highest BCUT2D eigenvalue weighted by molar-refractivity contribution is 6.04. The van der Waals surface area contributed by atoms with Gasteiger partial charge in [0.15, 0.2) is 0 Å². The van der Waals surface area contributed by atoms with Gasteiger partial charge in [0.1, 0.15) is 23.3 Å². The summed E-state index contributed by atoms with van der Waals surface area (Å²) in [5.74, 6) is 2.09. The summed E-state index contributed by atoms with van der Waals surface area (Å²) in [7, 11) is 0. The summed E-state index contributed by atoms with van der Waals surface area (Å²) in [4.78, 5) is 37.3. The predicted molar refractivity (Wildman–Crippen MR) is 174 cm³/mol. The van der Waals surface area contributed by atoms with Crippen LogP contribution in [0.3, 0.4) is 0 Å². The highest BCUT2D eigenvalue weighted by atomic mass is 19.4. The monoisotopic (exact) mass is 640 g/mol. The average molecular weight is 641 g/mol. The lowest BCUT2D eigenvalue weighted by molar-refractivity contribution is -0.137. The number of benzene rings is 2. The summed E-state index contributed by atoms with van der Waals surface area (Å²) in [6.45, 7) is 7.12. The van der Waals surface area contributed by atoms with Gasteiger partial charge >= 0.3 is 6.18 Å². The minimum absolute atomic E-state index is 0.00763. The summed E-state index contributed by atoms with van der Waals surface area (Å²) < 4.78 is 42.4. The maximum Gasteiger partial charge on any atom is 0.416 e. The van der Waals surface area contributed by atoms with Gasteiger partial charge in [-0.05, 0) is 55.8 Å².